The summed E-state index contributed by atoms with van der Waals surface area (Å²) in [6.45, 7) is 3.83. The van der Waals surface area contributed by atoms with Crippen LogP contribution >= 0.6 is 11.3 Å². The van der Waals surface area contributed by atoms with Crippen molar-refractivity contribution < 1.29 is 4.79 Å². The third-order valence-electron chi connectivity index (χ3n) is 2.34. The fraction of sp³-hybridized carbons (Fsp3) is 0.167. The zero-order chi connectivity index (χ0) is 12.4. The van der Waals surface area contributed by atoms with E-state index < -0.39 is 0 Å². The molecule has 0 fully saturated rings. The van der Waals surface area contributed by atoms with Gasteiger partial charge in [-0.2, -0.15) is 0 Å². The normalized spacial score (nSPS) is 10.2. The lowest BCUT2D eigenvalue weighted by Crippen LogP contribution is -2.13. The number of nitrogens with two attached hydrogens (primary N) is 1. The minimum Gasteiger partial charge on any atom is -0.375 e. The van der Waals surface area contributed by atoms with E-state index in [0.29, 0.717) is 10.8 Å². The molecule has 0 saturated heterocycles. The number of carbonyl (C=O) groups is 1. The highest BCUT2D eigenvalue weighted by Crippen LogP contribution is 2.20. The van der Waals surface area contributed by atoms with Crippen LogP contribution < -0.4 is 11.1 Å². The smallest absolute Gasteiger partial charge is 0.275 e. The molecule has 0 atom stereocenters. The van der Waals surface area contributed by atoms with Crippen molar-refractivity contribution in [3.05, 3.63) is 40.4 Å². The van der Waals surface area contributed by atoms with Crippen molar-refractivity contribution in [1.29, 1.82) is 0 Å². The first kappa shape index (κ1) is 11.6. The lowest BCUT2D eigenvalue weighted by atomic mass is 10.2. The molecule has 0 radical (unpaired) electrons. The highest BCUT2D eigenvalue weighted by atomic mass is 32.1. The van der Waals surface area contributed by atoms with Gasteiger partial charge in [0.2, 0.25) is 0 Å². The number of aromatic nitrogens is 1. The van der Waals surface area contributed by atoms with Gasteiger partial charge in [0.05, 0.1) is 0 Å². The molecule has 1 aromatic carbocycles. The molecular formula is C12H13N3OS. The Bertz CT molecular complexity index is 545. The van der Waals surface area contributed by atoms with Gasteiger partial charge in [-0.25, -0.2) is 4.98 Å². The number of anilines is 2. The highest BCUT2D eigenvalue weighted by molar-refractivity contribution is 7.15. The molecule has 17 heavy (non-hydrogen) atoms. The summed E-state index contributed by atoms with van der Waals surface area (Å²) in [5.41, 5.74) is 7.86. The molecule has 0 bridgehead atoms. The summed E-state index contributed by atoms with van der Waals surface area (Å²) in [5.74, 6) is -0.223. The summed E-state index contributed by atoms with van der Waals surface area (Å²) in [5, 5.41) is 3.20. The molecule has 2 rings (SSSR count). The number of aryl methyl sites for hydroxylation is 2. The Labute approximate surface area is 103 Å². The van der Waals surface area contributed by atoms with Crippen LogP contribution in [-0.4, -0.2) is 10.9 Å². The summed E-state index contributed by atoms with van der Waals surface area (Å²) in [6, 6.07) is 7.60. The van der Waals surface area contributed by atoms with Crippen molar-refractivity contribution in [2.24, 2.45) is 0 Å². The number of thiazole rings is 1. The molecule has 0 unspecified atom stereocenters. The fourth-order valence-corrected chi connectivity index (χ4v) is 2.14. The molecule has 0 spiro atoms. The number of benzene rings is 1. The molecule has 2 aromatic rings. The summed E-state index contributed by atoms with van der Waals surface area (Å²) < 4.78 is 0. The van der Waals surface area contributed by atoms with E-state index >= 15 is 0 Å². The Hall–Kier alpha value is -1.88. The van der Waals surface area contributed by atoms with Crippen LogP contribution in [0.2, 0.25) is 0 Å². The van der Waals surface area contributed by atoms with Crippen LogP contribution in [0.25, 0.3) is 0 Å². The average Bonchev–Trinajstić information content (AvgIpc) is 2.61. The van der Waals surface area contributed by atoms with Crippen LogP contribution in [0.15, 0.2) is 24.3 Å². The zero-order valence-corrected chi connectivity index (χ0v) is 10.5. The maximum atomic E-state index is 11.9. The maximum absolute atomic E-state index is 11.9. The highest BCUT2D eigenvalue weighted by Gasteiger charge is 2.14. The Morgan fingerprint density at radius 3 is 2.47 bits per heavy atom. The minimum atomic E-state index is -0.223. The van der Waals surface area contributed by atoms with E-state index in [9.17, 15) is 4.79 Å². The Kier molecular flexibility index (Phi) is 3.10. The summed E-state index contributed by atoms with van der Waals surface area (Å²) in [7, 11) is 0. The van der Waals surface area contributed by atoms with E-state index in [2.05, 4.69) is 10.3 Å². The second-order valence-corrected chi connectivity index (χ2v) is 5.01. The van der Waals surface area contributed by atoms with Crippen molar-refractivity contribution in [3.63, 3.8) is 0 Å². The number of carbonyl (C=O) groups excluding carboxylic acids is 1. The standard InChI is InChI=1S/C12H13N3OS/c1-7-3-5-9(6-4-7)14-11(16)10-8(2)17-12(13)15-10/h3-6H,1-2H3,(H2,13,15)(H,14,16). The Morgan fingerprint density at radius 2 is 1.94 bits per heavy atom. The van der Waals surface area contributed by atoms with Crippen LogP contribution in [-0.2, 0) is 0 Å². The van der Waals surface area contributed by atoms with E-state index in [-0.39, 0.29) is 5.91 Å². The summed E-state index contributed by atoms with van der Waals surface area (Å²) in [4.78, 5) is 16.7. The van der Waals surface area contributed by atoms with Gasteiger partial charge in [-0.1, -0.05) is 17.7 Å². The van der Waals surface area contributed by atoms with E-state index in [4.69, 9.17) is 5.73 Å². The Morgan fingerprint density at radius 1 is 1.29 bits per heavy atom. The van der Waals surface area contributed by atoms with Gasteiger partial charge in [-0.05, 0) is 26.0 Å². The van der Waals surface area contributed by atoms with E-state index in [1.54, 1.807) is 0 Å². The lowest BCUT2D eigenvalue weighted by molar-refractivity contribution is 0.102. The van der Waals surface area contributed by atoms with Gasteiger partial charge in [-0.15, -0.1) is 11.3 Å². The first-order valence-electron chi connectivity index (χ1n) is 5.17. The molecule has 5 heteroatoms. The van der Waals surface area contributed by atoms with E-state index in [1.807, 2.05) is 38.1 Å². The molecule has 1 heterocycles. The fourth-order valence-electron chi connectivity index (χ4n) is 1.45. The largest absolute Gasteiger partial charge is 0.375 e. The quantitative estimate of drug-likeness (QED) is 0.857. The van der Waals surface area contributed by atoms with Crippen LogP contribution in [0, 0.1) is 13.8 Å². The van der Waals surface area contributed by atoms with E-state index in [1.165, 1.54) is 11.3 Å². The van der Waals surface area contributed by atoms with Gasteiger partial charge in [0, 0.05) is 10.6 Å². The number of nitrogens with one attached hydrogen (secondary N) is 1. The molecule has 0 aliphatic rings. The predicted molar refractivity (Wildman–Crippen MR) is 70.4 cm³/mol. The first-order chi connectivity index (χ1) is 8.06. The number of hydrogen-bond acceptors (Lipinski definition) is 4. The molecule has 1 amide bonds. The van der Waals surface area contributed by atoms with Gasteiger partial charge in [0.25, 0.3) is 5.91 Å². The second kappa shape index (κ2) is 4.55. The van der Waals surface area contributed by atoms with Crippen molar-refractivity contribution in [3.8, 4) is 0 Å². The van der Waals surface area contributed by atoms with Gasteiger partial charge >= 0.3 is 0 Å². The van der Waals surface area contributed by atoms with Gasteiger partial charge in [0.1, 0.15) is 5.69 Å². The summed E-state index contributed by atoms with van der Waals surface area (Å²) in [6.07, 6.45) is 0. The number of amides is 1. The van der Waals surface area contributed by atoms with Gasteiger partial charge < -0.3 is 11.1 Å². The predicted octanol–water partition coefficient (Wildman–Crippen LogP) is 2.59. The zero-order valence-electron chi connectivity index (χ0n) is 9.65. The van der Waals surface area contributed by atoms with Crippen molar-refractivity contribution >= 4 is 28.1 Å². The minimum absolute atomic E-state index is 0.223. The van der Waals surface area contributed by atoms with Gasteiger partial charge in [0.15, 0.2) is 5.13 Å². The molecular weight excluding hydrogens is 234 g/mol. The molecule has 0 aliphatic heterocycles. The number of nitrogens with zero attached hydrogens (tertiary/aromatic N) is 1. The molecule has 88 valence electrons. The lowest BCUT2D eigenvalue weighted by Gasteiger charge is -2.03. The maximum Gasteiger partial charge on any atom is 0.275 e. The van der Waals surface area contributed by atoms with Crippen molar-refractivity contribution in [2.75, 3.05) is 11.1 Å². The number of rotatable bonds is 2. The first-order valence-corrected chi connectivity index (χ1v) is 5.99. The molecule has 1 aromatic heterocycles. The third-order valence-corrected chi connectivity index (χ3v) is 3.14. The topological polar surface area (TPSA) is 68.0 Å². The van der Waals surface area contributed by atoms with Crippen LogP contribution in [0.5, 0.6) is 0 Å². The monoisotopic (exact) mass is 247 g/mol. The van der Waals surface area contributed by atoms with Crippen molar-refractivity contribution in [1.82, 2.24) is 4.98 Å². The van der Waals surface area contributed by atoms with Crippen LogP contribution in [0.4, 0.5) is 10.8 Å². The third kappa shape index (κ3) is 2.62. The molecule has 4 nitrogen and oxygen atoms in total. The average molecular weight is 247 g/mol. The number of hydrogen-bond donors (Lipinski definition) is 2. The SMILES string of the molecule is Cc1ccc(NC(=O)c2nc(N)sc2C)cc1. The number of nitrogen functional groups attached to an aromatic ring is 1. The van der Waals surface area contributed by atoms with E-state index in [0.717, 1.165) is 16.1 Å². The summed E-state index contributed by atoms with van der Waals surface area (Å²) >= 11 is 1.32. The Balaban J connectivity index is 2.17. The van der Waals surface area contributed by atoms with Gasteiger partial charge in [-0.3, -0.25) is 4.79 Å². The molecule has 0 saturated carbocycles. The molecule has 0 aliphatic carbocycles. The van der Waals surface area contributed by atoms with Crippen LogP contribution in [0.1, 0.15) is 20.9 Å². The second-order valence-electron chi connectivity index (χ2n) is 3.78. The van der Waals surface area contributed by atoms with Crippen LogP contribution in [0.3, 0.4) is 0 Å². The molecule has 3 N–H and O–H groups in total. The van der Waals surface area contributed by atoms with Crippen molar-refractivity contribution in [2.45, 2.75) is 13.8 Å².